The zero-order valence-corrected chi connectivity index (χ0v) is 13.5. The maximum Gasteiger partial charge on any atom is 0.352 e. The first-order chi connectivity index (χ1) is 10.4. The van der Waals surface area contributed by atoms with Crippen LogP contribution in [0.5, 0.6) is 0 Å². The molecule has 3 heterocycles. The van der Waals surface area contributed by atoms with Crippen molar-refractivity contribution in [2.45, 2.75) is 28.7 Å². The van der Waals surface area contributed by atoms with E-state index in [9.17, 15) is 14.7 Å². The summed E-state index contributed by atoms with van der Waals surface area (Å²) < 4.78 is 1.51. The van der Waals surface area contributed by atoms with Gasteiger partial charge in [0.2, 0.25) is 11.1 Å². The molecule has 0 aromatic carbocycles. The monoisotopic (exact) mass is 342 g/mol. The number of aryl methyl sites for hydroxylation is 1. The van der Waals surface area contributed by atoms with Crippen molar-refractivity contribution in [3.63, 3.8) is 0 Å². The van der Waals surface area contributed by atoms with Crippen LogP contribution in [-0.2, 0) is 16.6 Å². The van der Waals surface area contributed by atoms with E-state index in [1.807, 2.05) is 6.92 Å². The fraction of sp³-hybridized carbons (Fsp3) is 0.545. The molecule has 1 saturated heterocycles. The van der Waals surface area contributed by atoms with Gasteiger partial charge >= 0.3 is 5.97 Å². The molecule has 22 heavy (non-hydrogen) atoms. The summed E-state index contributed by atoms with van der Waals surface area (Å²) in [6.07, 6.45) is 0. The number of carboxylic acids is 1. The van der Waals surface area contributed by atoms with Crippen LogP contribution in [0.1, 0.15) is 6.92 Å². The number of fused-ring (bicyclic) bond motifs is 1. The number of amides is 1. The molecule has 2 aliphatic rings. The molecule has 0 bridgehead atoms. The molecule has 0 saturated carbocycles. The van der Waals surface area contributed by atoms with Gasteiger partial charge in [-0.2, -0.15) is 0 Å². The Labute approximate surface area is 134 Å². The Hall–Kier alpha value is -1.59. The van der Waals surface area contributed by atoms with Crippen LogP contribution >= 0.6 is 23.5 Å². The number of aromatic nitrogens is 4. The van der Waals surface area contributed by atoms with Gasteiger partial charge in [-0.05, 0) is 22.9 Å². The molecule has 1 aromatic heterocycles. The number of carbonyl (C=O) groups excluding carboxylic acids is 1. The van der Waals surface area contributed by atoms with Crippen molar-refractivity contribution >= 4 is 35.4 Å². The van der Waals surface area contributed by atoms with Gasteiger partial charge < -0.3 is 10.8 Å². The zero-order valence-electron chi connectivity index (χ0n) is 11.8. The Morgan fingerprint density at radius 2 is 2.27 bits per heavy atom. The minimum atomic E-state index is -1.11. The third-order valence-corrected chi connectivity index (χ3v) is 6.14. The molecule has 0 radical (unpaired) electrons. The van der Waals surface area contributed by atoms with E-state index in [-0.39, 0.29) is 22.2 Å². The van der Waals surface area contributed by atoms with Crippen molar-refractivity contribution in [3.8, 4) is 0 Å². The first-order valence-electron chi connectivity index (χ1n) is 6.47. The number of carbonyl (C=O) groups is 2. The first kappa shape index (κ1) is 15.3. The van der Waals surface area contributed by atoms with Crippen molar-refractivity contribution in [3.05, 3.63) is 11.3 Å². The van der Waals surface area contributed by atoms with Crippen LogP contribution in [0.25, 0.3) is 0 Å². The molecule has 118 valence electrons. The number of nitrogens with zero attached hydrogens (tertiary/aromatic N) is 5. The molecule has 1 fully saturated rings. The number of tetrazole rings is 1. The Balaban J connectivity index is 1.89. The minimum absolute atomic E-state index is 0.0415. The Morgan fingerprint density at radius 1 is 1.55 bits per heavy atom. The summed E-state index contributed by atoms with van der Waals surface area (Å²) in [5, 5.41) is 20.9. The quantitative estimate of drug-likeness (QED) is 0.538. The summed E-state index contributed by atoms with van der Waals surface area (Å²) in [6, 6.07) is -0.626. The molecular weight excluding hydrogens is 328 g/mol. The normalized spacial score (nSPS) is 27.7. The number of hydrogen-bond acceptors (Lipinski definition) is 8. The van der Waals surface area contributed by atoms with Gasteiger partial charge in [0.05, 0.1) is 0 Å². The first-order valence-corrected chi connectivity index (χ1v) is 8.40. The van der Waals surface area contributed by atoms with Gasteiger partial charge in [0.15, 0.2) is 0 Å². The van der Waals surface area contributed by atoms with Crippen LogP contribution in [0.15, 0.2) is 16.4 Å². The lowest BCUT2D eigenvalue weighted by molar-refractivity contribution is -0.148. The maximum absolute atomic E-state index is 11.9. The van der Waals surface area contributed by atoms with Crippen LogP contribution in [0.2, 0.25) is 0 Å². The molecule has 9 nitrogen and oxygen atoms in total. The predicted octanol–water partition coefficient (Wildman–Crippen LogP) is -0.728. The number of nitrogens with two attached hydrogens (primary N) is 1. The highest BCUT2D eigenvalue weighted by Gasteiger charge is 2.53. The second-order valence-electron chi connectivity index (χ2n) is 4.96. The number of β-lactam (4-membered cyclic amide) rings is 1. The maximum atomic E-state index is 11.9. The van der Waals surface area contributed by atoms with Crippen molar-refractivity contribution in [2.24, 2.45) is 12.8 Å². The minimum Gasteiger partial charge on any atom is -0.477 e. The number of rotatable bonds is 4. The molecule has 2 aliphatic heterocycles. The molecule has 0 spiro atoms. The number of thioether (sulfide) groups is 2. The van der Waals surface area contributed by atoms with Crippen LogP contribution < -0.4 is 5.73 Å². The molecule has 11 heteroatoms. The average molecular weight is 342 g/mol. The summed E-state index contributed by atoms with van der Waals surface area (Å²) in [6.45, 7) is 1.92. The predicted molar refractivity (Wildman–Crippen MR) is 79.8 cm³/mol. The lowest BCUT2D eigenvalue weighted by atomic mass is 10.0. The van der Waals surface area contributed by atoms with Gasteiger partial charge in [0, 0.05) is 18.1 Å². The highest BCUT2D eigenvalue weighted by atomic mass is 32.2. The van der Waals surface area contributed by atoms with Crippen LogP contribution in [0.3, 0.4) is 0 Å². The van der Waals surface area contributed by atoms with E-state index in [4.69, 9.17) is 5.73 Å². The van der Waals surface area contributed by atoms with E-state index >= 15 is 0 Å². The average Bonchev–Trinajstić information content (AvgIpc) is 2.89. The topological polar surface area (TPSA) is 127 Å². The number of hydrogen-bond donors (Lipinski definition) is 2. The molecular formula is C11H14N6O3S2. The van der Waals surface area contributed by atoms with E-state index in [1.54, 1.807) is 7.05 Å². The molecule has 3 atom stereocenters. The summed E-state index contributed by atoms with van der Waals surface area (Å²) >= 11 is 2.84. The van der Waals surface area contributed by atoms with Gasteiger partial charge in [-0.15, -0.1) is 16.9 Å². The summed E-state index contributed by atoms with van der Waals surface area (Å²) in [4.78, 5) is 24.8. The van der Waals surface area contributed by atoms with Gasteiger partial charge in [0.1, 0.15) is 17.1 Å². The van der Waals surface area contributed by atoms with Gasteiger partial charge in [-0.1, -0.05) is 11.8 Å². The lowest BCUT2D eigenvalue weighted by Crippen LogP contribution is -2.69. The molecule has 1 amide bonds. The molecule has 3 N–H and O–H groups in total. The third kappa shape index (κ3) is 2.29. The smallest absolute Gasteiger partial charge is 0.352 e. The Kier molecular flexibility index (Phi) is 3.87. The number of aliphatic carboxylic acids is 1. The molecule has 1 aromatic rings. The van der Waals surface area contributed by atoms with Crippen molar-refractivity contribution < 1.29 is 14.7 Å². The van der Waals surface area contributed by atoms with E-state index in [0.29, 0.717) is 16.5 Å². The van der Waals surface area contributed by atoms with Crippen molar-refractivity contribution in [1.82, 2.24) is 25.1 Å². The SMILES string of the molecule is C[C@H]1S[C@H]2C(N)C(=O)N2C(C(=O)O)=C1CSc1nnnn1C. The van der Waals surface area contributed by atoms with Gasteiger partial charge in [0.25, 0.3) is 0 Å². The highest BCUT2D eigenvalue weighted by Crippen LogP contribution is 2.44. The van der Waals surface area contributed by atoms with E-state index in [0.717, 1.165) is 0 Å². The van der Waals surface area contributed by atoms with Crippen LogP contribution in [0.4, 0.5) is 0 Å². The second kappa shape index (κ2) is 5.56. The Morgan fingerprint density at radius 3 is 2.86 bits per heavy atom. The van der Waals surface area contributed by atoms with Gasteiger partial charge in [-0.3, -0.25) is 9.69 Å². The summed E-state index contributed by atoms with van der Waals surface area (Å²) in [5.41, 5.74) is 6.48. The van der Waals surface area contributed by atoms with Crippen LogP contribution in [-0.4, -0.2) is 64.5 Å². The van der Waals surface area contributed by atoms with Crippen LogP contribution in [0, 0.1) is 0 Å². The summed E-state index contributed by atoms with van der Waals surface area (Å²) in [5.74, 6) is -1.05. The molecule has 1 unspecified atom stereocenters. The fourth-order valence-corrected chi connectivity index (χ4v) is 4.91. The lowest BCUT2D eigenvalue weighted by Gasteiger charge is -2.49. The van der Waals surface area contributed by atoms with Gasteiger partial charge in [-0.25, -0.2) is 9.48 Å². The highest BCUT2D eigenvalue weighted by molar-refractivity contribution is 8.01. The second-order valence-corrected chi connectivity index (χ2v) is 7.36. The zero-order chi connectivity index (χ0) is 16.0. The van der Waals surface area contributed by atoms with Crippen molar-refractivity contribution in [2.75, 3.05) is 5.75 Å². The van der Waals surface area contributed by atoms with E-state index in [1.165, 1.54) is 33.1 Å². The fourth-order valence-electron chi connectivity index (χ4n) is 2.42. The molecule has 3 rings (SSSR count). The Bertz CT molecular complexity index is 675. The van der Waals surface area contributed by atoms with Crippen molar-refractivity contribution in [1.29, 1.82) is 0 Å². The van der Waals surface area contributed by atoms with E-state index < -0.39 is 12.0 Å². The number of carboxylic acid groups (broad SMARTS) is 1. The summed E-state index contributed by atoms with van der Waals surface area (Å²) in [7, 11) is 1.71. The third-order valence-electron chi connectivity index (χ3n) is 3.60. The van der Waals surface area contributed by atoms with E-state index in [2.05, 4.69) is 15.5 Å². The molecule has 0 aliphatic carbocycles. The standard InChI is InChI=1S/C11H14N6O3S2/c1-4-5(3-21-11-13-14-15-16(11)2)7(10(19)20)17-8(18)6(12)9(17)22-4/h4,6,9H,3,12H2,1-2H3,(H,19,20)/t4-,6?,9+/m1/s1. The largest absolute Gasteiger partial charge is 0.477 e.